The van der Waals surface area contributed by atoms with E-state index in [9.17, 15) is 14.4 Å². The molecule has 1 atom stereocenters. The van der Waals surface area contributed by atoms with E-state index >= 15 is 0 Å². The molecule has 0 spiro atoms. The third kappa shape index (κ3) is 4.54. The van der Waals surface area contributed by atoms with E-state index in [4.69, 9.17) is 0 Å². The highest BCUT2D eigenvalue weighted by Crippen LogP contribution is 2.15. The molecule has 5 heteroatoms. The summed E-state index contributed by atoms with van der Waals surface area (Å²) in [5.74, 6) is -1.13. The standard InChI is InChI=1S/C14H17NO4/c1-9(8-13(17)19-3)14(18)11-4-6-12(7-5-11)15-10(2)16/h4-7,9H,8H2,1-3H3,(H,15,16)/t9-/m1/s1. The topological polar surface area (TPSA) is 72.5 Å². The maximum atomic E-state index is 12.0. The molecular formula is C14H17NO4. The molecule has 1 N–H and O–H groups in total. The molecule has 0 fully saturated rings. The van der Waals surface area contributed by atoms with Crippen LogP contribution in [0.5, 0.6) is 0 Å². The predicted molar refractivity (Wildman–Crippen MR) is 70.9 cm³/mol. The number of ketones is 1. The van der Waals surface area contributed by atoms with Gasteiger partial charge in [-0.15, -0.1) is 0 Å². The second-order valence-electron chi connectivity index (χ2n) is 4.30. The Morgan fingerprint density at radius 1 is 1.21 bits per heavy atom. The molecule has 0 bridgehead atoms. The summed E-state index contributed by atoms with van der Waals surface area (Å²) < 4.78 is 4.53. The van der Waals surface area contributed by atoms with Crippen LogP contribution in [0.4, 0.5) is 5.69 Å². The van der Waals surface area contributed by atoms with E-state index in [0.29, 0.717) is 11.3 Å². The smallest absolute Gasteiger partial charge is 0.306 e. The normalized spacial score (nSPS) is 11.5. The van der Waals surface area contributed by atoms with Crippen LogP contribution in [0, 0.1) is 5.92 Å². The van der Waals surface area contributed by atoms with Gasteiger partial charge in [0.05, 0.1) is 13.5 Å². The monoisotopic (exact) mass is 263 g/mol. The van der Waals surface area contributed by atoms with Gasteiger partial charge in [-0.05, 0) is 24.3 Å². The van der Waals surface area contributed by atoms with E-state index in [0.717, 1.165) is 0 Å². The second kappa shape index (κ2) is 6.68. The van der Waals surface area contributed by atoms with Crippen molar-refractivity contribution in [2.45, 2.75) is 20.3 Å². The number of ether oxygens (including phenoxy) is 1. The molecule has 1 amide bonds. The van der Waals surface area contributed by atoms with Gasteiger partial charge in [0.2, 0.25) is 5.91 Å². The maximum Gasteiger partial charge on any atom is 0.306 e. The molecule has 0 saturated heterocycles. The quantitative estimate of drug-likeness (QED) is 0.651. The van der Waals surface area contributed by atoms with Gasteiger partial charge in [-0.2, -0.15) is 0 Å². The van der Waals surface area contributed by atoms with Crippen LogP contribution < -0.4 is 5.32 Å². The SMILES string of the molecule is COC(=O)C[C@@H](C)C(=O)c1ccc(NC(C)=O)cc1. The Bertz CT molecular complexity index is 479. The molecule has 5 nitrogen and oxygen atoms in total. The minimum absolute atomic E-state index is 0.0583. The fourth-order valence-electron chi connectivity index (χ4n) is 1.63. The molecule has 0 radical (unpaired) electrons. The number of rotatable bonds is 5. The number of benzene rings is 1. The van der Waals surface area contributed by atoms with Crippen molar-refractivity contribution >= 4 is 23.3 Å². The van der Waals surface area contributed by atoms with Gasteiger partial charge in [0, 0.05) is 24.1 Å². The van der Waals surface area contributed by atoms with Gasteiger partial charge in [-0.25, -0.2) is 0 Å². The summed E-state index contributed by atoms with van der Waals surface area (Å²) in [5, 5.41) is 2.62. The molecule has 0 aliphatic rings. The first-order chi connectivity index (χ1) is 8.93. The predicted octanol–water partition coefficient (Wildman–Crippen LogP) is 2.03. The lowest BCUT2D eigenvalue weighted by Crippen LogP contribution is -2.16. The minimum atomic E-state index is -0.431. The Balaban J connectivity index is 2.72. The largest absolute Gasteiger partial charge is 0.469 e. The molecule has 1 rings (SSSR count). The second-order valence-corrected chi connectivity index (χ2v) is 4.30. The van der Waals surface area contributed by atoms with Crippen molar-refractivity contribution in [2.24, 2.45) is 5.92 Å². The van der Waals surface area contributed by atoms with Crippen LogP contribution >= 0.6 is 0 Å². The summed E-state index contributed by atoms with van der Waals surface area (Å²) in [4.78, 5) is 34.0. The summed E-state index contributed by atoms with van der Waals surface area (Å²) in [6, 6.07) is 6.56. The number of carbonyl (C=O) groups excluding carboxylic acids is 3. The van der Waals surface area contributed by atoms with E-state index in [1.54, 1.807) is 31.2 Å². The van der Waals surface area contributed by atoms with Crippen molar-refractivity contribution in [3.05, 3.63) is 29.8 Å². The van der Waals surface area contributed by atoms with Gasteiger partial charge < -0.3 is 10.1 Å². The molecule has 0 aromatic heterocycles. The Labute approximate surface area is 111 Å². The van der Waals surface area contributed by atoms with Crippen molar-refractivity contribution in [1.29, 1.82) is 0 Å². The Kier molecular flexibility index (Phi) is 5.23. The van der Waals surface area contributed by atoms with Crippen LogP contribution in [0.3, 0.4) is 0 Å². The van der Waals surface area contributed by atoms with Crippen LogP contribution in [0.2, 0.25) is 0 Å². The first kappa shape index (κ1) is 14.9. The zero-order valence-corrected chi connectivity index (χ0v) is 11.2. The third-order valence-electron chi connectivity index (χ3n) is 2.64. The van der Waals surface area contributed by atoms with Crippen molar-refractivity contribution in [1.82, 2.24) is 0 Å². The summed E-state index contributed by atoms with van der Waals surface area (Å²) in [5.41, 5.74) is 1.13. The number of anilines is 1. The minimum Gasteiger partial charge on any atom is -0.469 e. The Hall–Kier alpha value is -2.17. The lowest BCUT2D eigenvalue weighted by molar-refractivity contribution is -0.141. The van der Waals surface area contributed by atoms with Gasteiger partial charge >= 0.3 is 5.97 Å². The molecule has 0 saturated carbocycles. The highest BCUT2D eigenvalue weighted by molar-refractivity contribution is 5.99. The number of amides is 1. The zero-order chi connectivity index (χ0) is 14.4. The van der Waals surface area contributed by atoms with E-state index in [1.165, 1.54) is 14.0 Å². The number of carbonyl (C=O) groups is 3. The number of methoxy groups -OCH3 is 1. The maximum absolute atomic E-state index is 12.0. The summed E-state index contributed by atoms with van der Waals surface area (Å²) in [6.07, 6.45) is 0.0583. The van der Waals surface area contributed by atoms with Crippen molar-refractivity contribution in [3.63, 3.8) is 0 Å². The average Bonchev–Trinajstić information content (AvgIpc) is 2.37. The third-order valence-corrected chi connectivity index (χ3v) is 2.64. The summed E-state index contributed by atoms with van der Waals surface area (Å²) in [7, 11) is 1.29. The average molecular weight is 263 g/mol. The Morgan fingerprint density at radius 2 is 1.79 bits per heavy atom. The summed E-state index contributed by atoms with van der Waals surface area (Å²) >= 11 is 0. The van der Waals surface area contributed by atoms with Crippen molar-refractivity contribution in [3.8, 4) is 0 Å². The van der Waals surface area contributed by atoms with Gasteiger partial charge in [0.15, 0.2) is 5.78 Å². The fourth-order valence-corrected chi connectivity index (χ4v) is 1.63. The first-order valence-electron chi connectivity index (χ1n) is 5.92. The number of hydrogen-bond acceptors (Lipinski definition) is 4. The molecule has 1 aromatic carbocycles. The van der Waals surface area contributed by atoms with E-state index in [2.05, 4.69) is 10.1 Å². The fraction of sp³-hybridized carbons (Fsp3) is 0.357. The molecule has 0 aliphatic heterocycles. The van der Waals surface area contributed by atoms with Gasteiger partial charge in [0.1, 0.15) is 0 Å². The van der Waals surface area contributed by atoms with E-state index in [1.807, 2.05) is 0 Å². The van der Waals surface area contributed by atoms with E-state index < -0.39 is 11.9 Å². The molecule has 0 unspecified atom stereocenters. The van der Waals surface area contributed by atoms with Crippen LogP contribution in [-0.2, 0) is 14.3 Å². The van der Waals surface area contributed by atoms with Gasteiger partial charge in [-0.1, -0.05) is 6.92 Å². The molecule has 1 aromatic rings. The van der Waals surface area contributed by atoms with E-state index in [-0.39, 0.29) is 18.1 Å². The van der Waals surface area contributed by atoms with Gasteiger partial charge in [-0.3, -0.25) is 14.4 Å². The van der Waals surface area contributed by atoms with Gasteiger partial charge in [0.25, 0.3) is 0 Å². The molecule has 102 valence electrons. The molecule has 0 aliphatic carbocycles. The highest BCUT2D eigenvalue weighted by Gasteiger charge is 2.18. The first-order valence-corrected chi connectivity index (χ1v) is 5.92. The van der Waals surface area contributed by atoms with Crippen LogP contribution in [0.1, 0.15) is 30.6 Å². The zero-order valence-electron chi connectivity index (χ0n) is 11.2. The summed E-state index contributed by atoms with van der Waals surface area (Å²) in [6.45, 7) is 3.10. The lowest BCUT2D eigenvalue weighted by Gasteiger charge is -2.09. The molecular weight excluding hydrogens is 246 g/mol. The number of esters is 1. The number of nitrogens with one attached hydrogen (secondary N) is 1. The van der Waals surface area contributed by atoms with Crippen LogP contribution in [0.15, 0.2) is 24.3 Å². The van der Waals surface area contributed by atoms with Crippen LogP contribution in [-0.4, -0.2) is 24.8 Å². The lowest BCUT2D eigenvalue weighted by atomic mass is 9.96. The molecule has 19 heavy (non-hydrogen) atoms. The number of Topliss-reactive ketones (excluding diaryl/α,β-unsaturated/α-hetero) is 1. The molecule has 0 heterocycles. The van der Waals surface area contributed by atoms with Crippen molar-refractivity contribution < 1.29 is 19.1 Å². The number of hydrogen-bond donors (Lipinski definition) is 1. The van der Waals surface area contributed by atoms with Crippen molar-refractivity contribution in [2.75, 3.05) is 12.4 Å². The Morgan fingerprint density at radius 3 is 2.26 bits per heavy atom. The van der Waals surface area contributed by atoms with Crippen LogP contribution in [0.25, 0.3) is 0 Å². The highest BCUT2D eigenvalue weighted by atomic mass is 16.5.